The van der Waals surface area contributed by atoms with Crippen LogP contribution >= 0.6 is 11.8 Å². The largest absolute Gasteiger partial charge is 0.466 e. The van der Waals surface area contributed by atoms with Crippen LogP contribution in [0.4, 0.5) is 0 Å². The molecule has 1 saturated heterocycles. The third-order valence-electron chi connectivity index (χ3n) is 6.00. The van der Waals surface area contributed by atoms with Crippen LogP contribution in [0.2, 0.25) is 0 Å². The van der Waals surface area contributed by atoms with E-state index in [0.29, 0.717) is 11.1 Å². The third kappa shape index (κ3) is 3.20. The van der Waals surface area contributed by atoms with Crippen LogP contribution in [-0.4, -0.2) is 32.3 Å². The molecule has 1 aliphatic heterocycles. The van der Waals surface area contributed by atoms with E-state index in [4.69, 9.17) is 8.83 Å². The lowest BCUT2D eigenvalue weighted by molar-refractivity contribution is -0.165. The first kappa shape index (κ1) is 21.5. The van der Waals surface area contributed by atoms with E-state index in [1.807, 2.05) is 0 Å². The number of furan rings is 2. The lowest BCUT2D eigenvalue weighted by atomic mass is 9.72. The molecule has 7 heteroatoms. The van der Waals surface area contributed by atoms with Gasteiger partial charge in [-0.1, -0.05) is 60.7 Å². The van der Waals surface area contributed by atoms with Gasteiger partial charge in [0.05, 0.1) is 12.5 Å². The predicted octanol–water partition coefficient (Wildman–Crippen LogP) is 4.20. The Balaban J connectivity index is 1.73. The topological polar surface area (TPSA) is 101 Å². The van der Waals surface area contributed by atoms with Crippen molar-refractivity contribution in [2.75, 3.05) is 0 Å². The fourth-order valence-corrected chi connectivity index (χ4v) is 6.15. The van der Waals surface area contributed by atoms with Crippen LogP contribution in [-0.2, 0) is 11.2 Å². The Bertz CT molecular complexity index is 1150. The average Bonchev–Trinajstić information content (AvgIpc) is 3.62. The van der Waals surface area contributed by atoms with Crippen LogP contribution in [0.3, 0.4) is 0 Å². The average molecular weight is 461 g/mol. The first-order valence-electron chi connectivity index (χ1n) is 10.3. The van der Waals surface area contributed by atoms with Crippen molar-refractivity contribution in [3.63, 3.8) is 0 Å². The number of hydrogen-bond acceptors (Lipinski definition) is 7. The fraction of sp³-hybridized carbons (Fsp3) is 0.154. The van der Waals surface area contributed by atoms with Crippen molar-refractivity contribution in [1.29, 1.82) is 0 Å². The van der Waals surface area contributed by atoms with E-state index in [9.17, 15) is 19.8 Å². The second kappa shape index (κ2) is 8.19. The summed E-state index contributed by atoms with van der Waals surface area (Å²) in [6.45, 7) is 0. The molecule has 0 bridgehead atoms. The number of Topliss-reactive ketones (excluding diaryl/α,β-unsaturated/α-hetero) is 2. The van der Waals surface area contributed by atoms with Crippen molar-refractivity contribution in [1.82, 2.24) is 0 Å². The summed E-state index contributed by atoms with van der Waals surface area (Å²) in [5.74, 6) is -0.946. The fourth-order valence-electron chi connectivity index (χ4n) is 4.37. The molecule has 2 aromatic carbocycles. The van der Waals surface area contributed by atoms with Crippen molar-refractivity contribution < 1.29 is 28.6 Å². The summed E-state index contributed by atoms with van der Waals surface area (Å²) in [4.78, 5) is 27.3. The zero-order valence-electron chi connectivity index (χ0n) is 17.3. The summed E-state index contributed by atoms with van der Waals surface area (Å²) in [6.07, 6.45) is 2.69. The van der Waals surface area contributed by atoms with Crippen molar-refractivity contribution >= 4 is 23.3 Å². The molecule has 0 radical (unpaired) electrons. The molecule has 2 N–H and O–H groups in total. The Morgan fingerprint density at radius 1 is 0.636 bits per heavy atom. The van der Waals surface area contributed by atoms with Crippen LogP contribution in [0, 0.1) is 0 Å². The summed E-state index contributed by atoms with van der Waals surface area (Å²) in [7, 11) is 0. The molecule has 4 unspecified atom stereocenters. The molecule has 0 amide bonds. The van der Waals surface area contributed by atoms with Crippen LogP contribution in [0.5, 0.6) is 0 Å². The van der Waals surface area contributed by atoms with Gasteiger partial charge in [-0.25, -0.2) is 0 Å². The van der Waals surface area contributed by atoms with Gasteiger partial charge in [-0.15, -0.1) is 11.8 Å². The third-order valence-corrected chi connectivity index (χ3v) is 7.65. The van der Waals surface area contributed by atoms with Gasteiger partial charge < -0.3 is 19.0 Å². The number of carbonyl (C=O) groups is 2. The molecular weight excluding hydrogens is 440 g/mol. The summed E-state index contributed by atoms with van der Waals surface area (Å²) in [6, 6.07) is 23.0. The molecule has 0 spiro atoms. The first-order chi connectivity index (χ1) is 16.0. The second-order valence-corrected chi connectivity index (χ2v) is 9.06. The number of rotatable bonds is 6. The van der Waals surface area contributed by atoms with Gasteiger partial charge in [0.2, 0.25) is 0 Å². The highest BCUT2D eigenvalue weighted by Crippen LogP contribution is 2.60. The molecular formula is C26H20O6S. The number of ketones is 2. The van der Waals surface area contributed by atoms with Gasteiger partial charge in [-0.2, -0.15) is 0 Å². The Labute approximate surface area is 193 Å². The summed E-state index contributed by atoms with van der Waals surface area (Å²) >= 11 is 0.908. The quantitative estimate of drug-likeness (QED) is 0.416. The van der Waals surface area contributed by atoms with Crippen LogP contribution < -0.4 is 0 Å². The van der Waals surface area contributed by atoms with Gasteiger partial charge in [0, 0.05) is 11.1 Å². The van der Waals surface area contributed by atoms with Gasteiger partial charge in [-0.05, 0) is 24.3 Å². The highest BCUT2D eigenvalue weighted by atomic mass is 32.2. The SMILES string of the molecule is O=C(c1ccccc1)C1SC(C(=O)c2ccccc2)C(O)(c2ccco2)C1(O)c1ccco1. The summed E-state index contributed by atoms with van der Waals surface area (Å²) in [5.41, 5.74) is -3.90. The van der Waals surface area contributed by atoms with E-state index in [2.05, 4.69) is 0 Å². The molecule has 4 aromatic rings. The minimum atomic E-state index is -2.29. The maximum absolute atomic E-state index is 13.6. The van der Waals surface area contributed by atoms with E-state index in [-0.39, 0.29) is 11.5 Å². The molecule has 166 valence electrons. The molecule has 6 nitrogen and oxygen atoms in total. The van der Waals surface area contributed by atoms with E-state index < -0.39 is 33.3 Å². The van der Waals surface area contributed by atoms with E-state index in [0.717, 1.165) is 11.8 Å². The highest BCUT2D eigenvalue weighted by molar-refractivity contribution is 8.02. The van der Waals surface area contributed by atoms with Gasteiger partial charge >= 0.3 is 0 Å². The van der Waals surface area contributed by atoms with Gasteiger partial charge in [0.15, 0.2) is 22.8 Å². The van der Waals surface area contributed by atoms with E-state index >= 15 is 0 Å². The molecule has 0 aliphatic carbocycles. The van der Waals surface area contributed by atoms with Gasteiger partial charge in [0.1, 0.15) is 22.0 Å². The number of carbonyl (C=O) groups excluding carboxylic acids is 2. The number of aliphatic hydroxyl groups is 2. The number of benzene rings is 2. The maximum Gasteiger partial charge on any atom is 0.179 e. The Hall–Kier alpha value is -3.39. The molecule has 33 heavy (non-hydrogen) atoms. The minimum absolute atomic E-state index is 0.0356. The van der Waals surface area contributed by atoms with Crippen molar-refractivity contribution in [2.24, 2.45) is 0 Å². The molecule has 4 atom stereocenters. The van der Waals surface area contributed by atoms with Crippen molar-refractivity contribution in [3.8, 4) is 0 Å². The van der Waals surface area contributed by atoms with Crippen molar-refractivity contribution in [2.45, 2.75) is 21.7 Å². The predicted molar refractivity (Wildman–Crippen MR) is 122 cm³/mol. The van der Waals surface area contributed by atoms with Crippen LogP contribution in [0.15, 0.2) is 106 Å². The normalized spacial score (nSPS) is 26.8. The molecule has 2 aromatic heterocycles. The smallest absolute Gasteiger partial charge is 0.179 e. The molecule has 1 aliphatic rings. The van der Waals surface area contributed by atoms with Crippen LogP contribution in [0.1, 0.15) is 32.2 Å². The minimum Gasteiger partial charge on any atom is -0.466 e. The standard InChI is InChI=1S/C26H20O6S/c27-21(17-9-3-1-4-10-17)23-25(29,19-13-7-15-31-19)26(30,20-14-8-16-32-20)24(33-23)22(28)18-11-5-2-6-12-18/h1-16,23-24,29-30H. The molecule has 5 rings (SSSR count). The highest BCUT2D eigenvalue weighted by Gasteiger charge is 2.73. The van der Waals surface area contributed by atoms with Gasteiger partial charge in [-0.3, -0.25) is 9.59 Å². The molecule has 3 heterocycles. The van der Waals surface area contributed by atoms with Gasteiger partial charge in [0.25, 0.3) is 0 Å². The number of thioether (sulfide) groups is 1. The zero-order valence-corrected chi connectivity index (χ0v) is 18.1. The monoisotopic (exact) mass is 460 g/mol. The Kier molecular flexibility index (Phi) is 5.32. The molecule has 0 saturated carbocycles. The van der Waals surface area contributed by atoms with Crippen LogP contribution in [0.25, 0.3) is 0 Å². The second-order valence-electron chi connectivity index (χ2n) is 7.84. The van der Waals surface area contributed by atoms with Crippen molar-refractivity contribution in [3.05, 3.63) is 120 Å². The maximum atomic E-state index is 13.6. The summed E-state index contributed by atoms with van der Waals surface area (Å²) < 4.78 is 11.1. The Morgan fingerprint density at radius 2 is 1.03 bits per heavy atom. The first-order valence-corrected chi connectivity index (χ1v) is 11.3. The number of hydrogen-bond donors (Lipinski definition) is 2. The Morgan fingerprint density at radius 3 is 1.36 bits per heavy atom. The molecule has 1 fully saturated rings. The van der Waals surface area contributed by atoms with E-state index in [1.54, 1.807) is 72.8 Å². The summed E-state index contributed by atoms with van der Waals surface area (Å²) in [5, 5.41) is 21.9. The lowest BCUT2D eigenvalue weighted by Gasteiger charge is -2.38. The lowest BCUT2D eigenvalue weighted by Crippen LogP contribution is -2.57. The zero-order chi connectivity index (χ0) is 23.1. The van der Waals surface area contributed by atoms with E-state index in [1.165, 1.54) is 24.7 Å².